The van der Waals surface area contributed by atoms with E-state index in [0.717, 1.165) is 0 Å². The standard InChI is InChI=1S/C8H11N3O3/c9-8(2-4-13-5-8)7(12)10-6-1-3-14-11-6/h1,3H,2,4-5,9H2,(H,10,11,12). The first kappa shape index (κ1) is 9.17. The summed E-state index contributed by atoms with van der Waals surface area (Å²) < 4.78 is 9.64. The van der Waals surface area contributed by atoms with Gasteiger partial charge in [0.1, 0.15) is 11.8 Å². The molecular weight excluding hydrogens is 186 g/mol. The molecule has 1 amide bonds. The minimum Gasteiger partial charge on any atom is -0.379 e. The SMILES string of the molecule is NC1(C(=O)Nc2ccon2)CCOC1. The Balaban J connectivity index is 2.02. The number of hydrogen-bond acceptors (Lipinski definition) is 5. The van der Waals surface area contributed by atoms with Gasteiger partial charge in [-0.25, -0.2) is 0 Å². The average molecular weight is 197 g/mol. The Kier molecular flexibility index (Phi) is 2.22. The molecule has 14 heavy (non-hydrogen) atoms. The smallest absolute Gasteiger partial charge is 0.248 e. The molecule has 1 aliphatic rings. The lowest BCUT2D eigenvalue weighted by Gasteiger charge is -2.19. The summed E-state index contributed by atoms with van der Waals surface area (Å²) in [7, 11) is 0. The second-order valence-electron chi connectivity index (χ2n) is 3.30. The third-order valence-electron chi connectivity index (χ3n) is 2.18. The van der Waals surface area contributed by atoms with Gasteiger partial charge in [-0.2, -0.15) is 0 Å². The molecule has 2 heterocycles. The van der Waals surface area contributed by atoms with Gasteiger partial charge in [-0.3, -0.25) is 4.79 Å². The fraction of sp³-hybridized carbons (Fsp3) is 0.500. The lowest BCUT2D eigenvalue weighted by atomic mass is 9.99. The molecule has 0 spiro atoms. The fourth-order valence-corrected chi connectivity index (χ4v) is 1.28. The Labute approximate surface area is 80.4 Å². The van der Waals surface area contributed by atoms with Crippen LogP contribution in [0.2, 0.25) is 0 Å². The van der Waals surface area contributed by atoms with Crippen LogP contribution in [0.4, 0.5) is 5.82 Å². The second kappa shape index (κ2) is 3.39. The molecule has 0 aromatic carbocycles. The van der Waals surface area contributed by atoms with Crippen molar-refractivity contribution in [2.24, 2.45) is 5.73 Å². The van der Waals surface area contributed by atoms with Crippen LogP contribution in [-0.2, 0) is 9.53 Å². The van der Waals surface area contributed by atoms with Crippen molar-refractivity contribution in [3.8, 4) is 0 Å². The van der Waals surface area contributed by atoms with Gasteiger partial charge in [-0.15, -0.1) is 0 Å². The topological polar surface area (TPSA) is 90.4 Å². The number of amides is 1. The van der Waals surface area contributed by atoms with E-state index in [-0.39, 0.29) is 12.5 Å². The van der Waals surface area contributed by atoms with Crippen molar-refractivity contribution >= 4 is 11.7 Å². The number of hydrogen-bond donors (Lipinski definition) is 2. The number of nitrogens with one attached hydrogen (secondary N) is 1. The Morgan fingerprint density at radius 1 is 1.71 bits per heavy atom. The van der Waals surface area contributed by atoms with Crippen LogP contribution in [0.15, 0.2) is 16.9 Å². The minimum absolute atomic E-state index is 0.247. The first-order valence-corrected chi connectivity index (χ1v) is 4.29. The maximum absolute atomic E-state index is 11.6. The molecule has 0 radical (unpaired) electrons. The predicted octanol–water partition coefficient (Wildman–Crippen LogP) is -0.269. The second-order valence-corrected chi connectivity index (χ2v) is 3.30. The van der Waals surface area contributed by atoms with E-state index in [1.165, 1.54) is 6.26 Å². The lowest BCUT2D eigenvalue weighted by molar-refractivity contribution is -0.121. The molecule has 1 atom stereocenters. The summed E-state index contributed by atoms with van der Waals surface area (Å²) in [6.07, 6.45) is 1.90. The molecule has 6 nitrogen and oxygen atoms in total. The summed E-state index contributed by atoms with van der Waals surface area (Å²) in [5.74, 6) is 0.0793. The van der Waals surface area contributed by atoms with E-state index in [1.807, 2.05) is 0 Å². The van der Waals surface area contributed by atoms with Gasteiger partial charge in [0, 0.05) is 12.7 Å². The van der Waals surface area contributed by atoms with Crippen LogP contribution < -0.4 is 11.1 Å². The maximum Gasteiger partial charge on any atom is 0.248 e. The van der Waals surface area contributed by atoms with Crippen molar-refractivity contribution < 1.29 is 14.1 Å². The number of carbonyl (C=O) groups excluding carboxylic acids is 1. The molecule has 6 heteroatoms. The third-order valence-corrected chi connectivity index (χ3v) is 2.18. The lowest BCUT2D eigenvalue weighted by Crippen LogP contribution is -2.51. The zero-order valence-electron chi connectivity index (χ0n) is 7.53. The molecular formula is C8H11N3O3. The summed E-state index contributed by atoms with van der Waals surface area (Å²) in [5.41, 5.74) is 4.89. The van der Waals surface area contributed by atoms with Gasteiger partial charge >= 0.3 is 0 Å². The summed E-state index contributed by atoms with van der Waals surface area (Å²) in [6, 6.07) is 1.55. The number of rotatable bonds is 2. The van der Waals surface area contributed by atoms with Crippen LogP contribution in [0.5, 0.6) is 0 Å². The number of nitrogens with zero attached hydrogens (tertiary/aromatic N) is 1. The third kappa shape index (κ3) is 1.61. The van der Waals surface area contributed by atoms with Gasteiger partial charge in [0.2, 0.25) is 5.91 Å². The van der Waals surface area contributed by atoms with Crippen molar-refractivity contribution in [3.63, 3.8) is 0 Å². The van der Waals surface area contributed by atoms with E-state index in [2.05, 4.69) is 15.0 Å². The van der Waals surface area contributed by atoms with Gasteiger partial charge < -0.3 is 20.3 Å². The molecule has 1 aliphatic heterocycles. The van der Waals surface area contributed by atoms with Gasteiger partial charge in [0.05, 0.1) is 6.61 Å². The number of anilines is 1. The molecule has 0 saturated carbocycles. The zero-order chi connectivity index (χ0) is 10.0. The van der Waals surface area contributed by atoms with Crippen molar-refractivity contribution in [1.29, 1.82) is 0 Å². The Morgan fingerprint density at radius 2 is 2.57 bits per heavy atom. The molecule has 3 N–H and O–H groups in total. The molecule has 0 bridgehead atoms. The number of carbonyl (C=O) groups is 1. The average Bonchev–Trinajstić information content (AvgIpc) is 2.76. The first-order valence-electron chi connectivity index (χ1n) is 4.29. The number of ether oxygens (including phenoxy) is 1. The molecule has 1 unspecified atom stereocenters. The monoisotopic (exact) mass is 197 g/mol. The molecule has 1 fully saturated rings. The molecule has 1 aromatic rings. The van der Waals surface area contributed by atoms with E-state index in [0.29, 0.717) is 18.8 Å². The number of nitrogens with two attached hydrogens (primary N) is 1. The van der Waals surface area contributed by atoms with Crippen molar-refractivity contribution in [2.75, 3.05) is 18.5 Å². The van der Waals surface area contributed by atoms with Crippen LogP contribution in [0, 0.1) is 0 Å². The van der Waals surface area contributed by atoms with Crippen LogP contribution in [-0.4, -0.2) is 29.8 Å². The van der Waals surface area contributed by atoms with Gasteiger partial charge in [-0.1, -0.05) is 5.16 Å². The van der Waals surface area contributed by atoms with E-state index in [1.54, 1.807) is 6.07 Å². The molecule has 1 aromatic heterocycles. The fourth-order valence-electron chi connectivity index (χ4n) is 1.28. The van der Waals surface area contributed by atoms with E-state index in [4.69, 9.17) is 10.5 Å². The Morgan fingerprint density at radius 3 is 3.14 bits per heavy atom. The van der Waals surface area contributed by atoms with Gasteiger partial charge in [-0.05, 0) is 6.42 Å². The number of aromatic nitrogens is 1. The molecule has 0 aliphatic carbocycles. The largest absolute Gasteiger partial charge is 0.379 e. The quantitative estimate of drug-likeness (QED) is 0.681. The predicted molar refractivity (Wildman–Crippen MR) is 47.5 cm³/mol. The highest BCUT2D eigenvalue weighted by molar-refractivity contribution is 5.97. The van der Waals surface area contributed by atoms with E-state index < -0.39 is 5.54 Å². The van der Waals surface area contributed by atoms with Crippen molar-refractivity contribution in [2.45, 2.75) is 12.0 Å². The molecule has 2 rings (SSSR count). The first-order chi connectivity index (χ1) is 6.71. The minimum atomic E-state index is -0.932. The van der Waals surface area contributed by atoms with Gasteiger partial charge in [0.25, 0.3) is 0 Å². The van der Waals surface area contributed by atoms with Crippen LogP contribution >= 0.6 is 0 Å². The zero-order valence-corrected chi connectivity index (χ0v) is 7.53. The van der Waals surface area contributed by atoms with E-state index in [9.17, 15) is 4.79 Å². The summed E-state index contributed by atoms with van der Waals surface area (Å²) in [6.45, 7) is 0.763. The highest BCUT2D eigenvalue weighted by Gasteiger charge is 2.38. The molecule has 76 valence electrons. The Hall–Kier alpha value is -1.40. The summed E-state index contributed by atoms with van der Waals surface area (Å²) in [5, 5.41) is 6.11. The van der Waals surface area contributed by atoms with Crippen molar-refractivity contribution in [1.82, 2.24) is 5.16 Å². The summed E-state index contributed by atoms with van der Waals surface area (Å²) in [4.78, 5) is 11.6. The van der Waals surface area contributed by atoms with Gasteiger partial charge in [0.15, 0.2) is 5.82 Å². The van der Waals surface area contributed by atoms with Crippen LogP contribution in [0.3, 0.4) is 0 Å². The Bertz CT molecular complexity index is 317. The normalized spacial score (nSPS) is 26.4. The van der Waals surface area contributed by atoms with Crippen molar-refractivity contribution in [3.05, 3.63) is 12.3 Å². The van der Waals surface area contributed by atoms with E-state index >= 15 is 0 Å². The van der Waals surface area contributed by atoms with Crippen LogP contribution in [0.1, 0.15) is 6.42 Å². The highest BCUT2D eigenvalue weighted by Crippen LogP contribution is 2.17. The molecule has 1 saturated heterocycles. The summed E-state index contributed by atoms with van der Waals surface area (Å²) >= 11 is 0. The van der Waals surface area contributed by atoms with Crippen LogP contribution in [0.25, 0.3) is 0 Å². The highest BCUT2D eigenvalue weighted by atomic mass is 16.5. The maximum atomic E-state index is 11.6.